The molecule has 0 aromatic carbocycles. The van der Waals surface area contributed by atoms with Crippen molar-refractivity contribution >= 4 is 5.97 Å². The van der Waals surface area contributed by atoms with Gasteiger partial charge in [-0.25, -0.2) is 4.79 Å². The Labute approximate surface area is 669 Å². The van der Waals surface area contributed by atoms with E-state index in [0.29, 0.717) is 0 Å². The second kappa shape index (κ2) is 42.7. The van der Waals surface area contributed by atoms with E-state index in [2.05, 4.69) is 0 Å². The van der Waals surface area contributed by atoms with Gasteiger partial charge in [0, 0.05) is 36.7 Å². The fourth-order valence-electron chi connectivity index (χ4n) is 15.1. The average molecular weight is 1720 g/mol. The first kappa shape index (κ1) is 98.4. The number of carboxylic acids is 1. The van der Waals surface area contributed by atoms with Crippen molar-refractivity contribution in [1.82, 2.24) is 0 Å². The summed E-state index contributed by atoms with van der Waals surface area (Å²) in [7, 11) is 0. The smallest absolute Gasteiger partial charge is 0.364 e. The fourth-order valence-corrected chi connectivity index (χ4v) is 15.1. The lowest BCUT2D eigenvalue weighted by Gasteiger charge is -2.50. The van der Waals surface area contributed by atoms with Gasteiger partial charge < -0.3 is 234 Å². The van der Waals surface area contributed by atoms with E-state index in [0.717, 1.165) is 0 Å². The van der Waals surface area contributed by atoms with Gasteiger partial charge in [-0.05, 0) is 20.8 Å². The minimum Gasteiger partial charge on any atom is -0.477 e. The Morgan fingerprint density at radius 3 is 1.37 bits per heavy atom. The molecular formula is C69H121NO47. The van der Waals surface area contributed by atoms with E-state index >= 15 is 0 Å². The third kappa shape index (κ3) is 21.7. The summed E-state index contributed by atoms with van der Waals surface area (Å²) in [6.07, 6.45) is -81.6. The zero-order valence-electron chi connectivity index (χ0n) is 64.9. The normalized spacial score (nSPS) is 49.3. The van der Waals surface area contributed by atoms with Gasteiger partial charge in [0.05, 0.1) is 108 Å². The molecule has 50 atom stereocenters. The standard InChI is InChI=1S/C69H121NO47/c1-19(9-71)23(5)102-33(16-99-63-51(94)47(90)40(83)25(7)104-63)24(6)103-60-21(3)38(81)55(31(14-76)108-60)113-65-53(96)57(46(89)34(110-65)17-100-66-58(49(92)43(86)29(12-74)106-66)115-61-20(2)37(80)42(85)28(11-73)105-61)114-67-59(50(93)44(87)30(13-75)107-67)116-62-22(4)39(82)54(32(15-77)109-62)112-64-52(95)48(91)45(88)35(111-64)18-101-69(68(97)98)8-26(78)36(70)56(117-69)41(84)27(79)10-72/h19-67,71-96H,8-18,70H2,1-7H3,(H,97,98)/t19-,20?,21-,22-,23-,24-,25-,26+,27+,28-,29?,30+,31?,32?,33?,34?,35?,36+,37?,38?,39?,40+,41+,42+,43+,44+,45-,46+,47?,48?,49?,50?,51?,52-,53+,54+,55+,56?,57?,58+,59?,60+,61-,62-,63+,64-,65-,66-,67+,69+/m0/s1. The van der Waals surface area contributed by atoms with Gasteiger partial charge in [-0.3, -0.25) is 0 Å². The summed E-state index contributed by atoms with van der Waals surface area (Å²) in [6.45, 7) is 1.31. The molecule has 9 heterocycles. The molecule has 0 bridgehead atoms. The molecule has 48 nitrogen and oxygen atoms in total. The Kier molecular flexibility index (Phi) is 36.0. The van der Waals surface area contributed by atoms with Crippen molar-refractivity contribution < 1.29 is 233 Å². The second-order valence-corrected chi connectivity index (χ2v) is 31.4. The zero-order valence-corrected chi connectivity index (χ0v) is 64.9. The molecular weight excluding hydrogens is 1590 g/mol. The van der Waals surface area contributed by atoms with Crippen LogP contribution < -0.4 is 5.73 Å². The maximum absolute atomic E-state index is 12.8. The Hall–Kier alpha value is -2.37. The number of carbonyl (C=O) groups is 1. The summed E-state index contributed by atoms with van der Waals surface area (Å²) in [6, 6.07) is -1.57. The van der Waals surface area contributed by atoms with Crippen LogP contribution in [0.4, 0.5) is 0 Å². The van der Waals surface area contributed by atoms with E-state index in [-0.39, 0.29) is 6.61 Å². The van der Waals surface area contributed by atoms with E-state index in [4.69, 9.17) is 95.7 Å². The van der Waals surface area contributed by atoms with Crippen LogP contribution >= 0.6 is 0 Å². The number of hydrogen-bond donors (Lipinski definition) is 28. The number of nitrogens with two attached hydrogens (primary N) is 1. The topological polar surface area (TPSA) is 765 Å². The molecule has 0 radical (unpaired) electrons. The van der Waals surface area contributed by atoms with Gasteiger partial charge in [0.2, 0.25) is 0 Å². The van der Waals surface area contributed by atoms with Crippen molar-refractivity contribution in [2.24, 2.45) is 29.4 Å². The van der Waals surface area contributed by atoms with Gasteiger partial charge in [-0.2, -0.15) is 0 Å². The SMILES string of the molecule is CC1C(O)[C@H](O)[C@H](CO)O[C@H]1O[C@@H]1C(O)[C@H](O)C(CO)O[C@@H]1OCC1O[C@@H](O[C@@H]2C(CO)O[C@@H](O[C@@H](C)C(CO[C@@H]3O[C@@H](C)[C@@H](O)C(O)C3O)O[C@@H](C)[C@@H](C)CO)[C@@H](C)C2O)[C@H](O)C(O[C@H]2O[C@H](CO)[C@@H](O)C(O)C2O[C@@H]2OC(CO)[C@@H](O[C@@H]3OC(CO[C@]4(C(=O)O)C[C@@H](O)[C@@H](N)C([C@H](O)[C@H](O)CO)O4)[C@H](O)C(O)[C@@H]3O)C(O)[C@@H]2C)[C@@H]1O. The minimum atomic E-state index is -2.94. The average Bonchev–Trinajstić information content (AvgIpc) is 0.764. The van der Waals surface area contributed by atoms with Crippen LogP contribution in [0.2, 0.25) is 0 Å². The molecule has 684 valence electrons. The fraction of sp³-hybridized carbons (Fsp3) is 0.986. The van der Waals surface area contributed by atoms with Gasteiger partial charge in [0.1, 0.15) is 177 Å². The van der Waals surface area contributed by atoms with Crippen LogP contribution in [-0.2, 0) is 94.8 Å². The Morgan fingerprint density at radius 1 is 0.410 bits per heavy atom. The van der Waals surface area contributed by atoms with Gasteiger partial charge in [-0.1, -0.05) is 27.7 Å². The number of aliphatic hydroxyl groups excluding tert-OH is 26. The van der Waals surface area contributed by atoms with Crippen LogP contribution in [0.3, 0.4) is 0 Å². The lowest BCUT2D eigenvalue weighted by atomic mass is 9.89. The highest BCUT2D eigenvalue weighted by Crippen LogP contribution is 2.42. The lowest BCUT2D eigenvalue weighted by molar-refractivity contribution is -0.401. The van der Waals surface area contributed by atoms with Crippen LogP contribution in [0.5, 0.6) is 0 Å². The molecule has 117 heavy (non-hydrogen) atoms. The molecule has 0 amide bonds. The van der Waals surface area contributed by atoms with Crippen LogP contribution in [0.1, 0.15) is 54.9 Å². The molecule has 18 unspecified atom stereocenters. The second-order valence-electron chi connectivity index (χ2n) is 31.4. The van der Waals surface area contributed by atoms with Gasteiger partial charge >= 0.3 is 5.97 Å². The predicted octanol–water partition coefficient (Wildman–Crippen LogP) is -15.8. The van der Waals surface area contributed by atoms with Crippen molar-refractivity contribution in [2.45, 2.75) is 337 Å². The van der Waals surface area contributed by atoms with E-state index in [1.807, 2.05) is 0 Å². The number of aliphatic carboxylic acids is 1. The first-order chi connectivity index (χ1) is 55.2. The molecule has 0 spiro atoms. The van der Waals surface area contributed by atoms with Crippen molar-refractivity contribution in [2.75, 3.05) is 66.1 Å². The maximum atomic E-state index is 12.8. The summed E-state index contributed by atoms with van der Waals surface area (Å²) in [4.78, 5) is 12.8. The minimum absolute atomic E-state index is 0.326. The molecule has 48 heteroatoms. The number of aliphatic hydroxyl groups is 26. The molecule has 9 fully saturated rings. The van der Waals surface area contributed by atoms with E-state index < -0.39 is 377 Å². The van der Waals surface area contributed by atoms with Crippen molar-refractivity contribution in [3.8, 4) is 0 Å². The van der Waals surface area contributed by atoms with Crippen molar-refractivity contribution in [3.05, 3.63) is 0 Å². The van der Waals surface area contributed by atoms with Crippen LogP contribution in [0.15, 0.2) is 0 Å². The molecule has 9 aliphatic rings. The molecule has 0 aliphatic carbocycles. The lowest BCUT2D eigenvalue weighted by Crippen LogP contribution is -2.68. The molecule has 29 N–H and O–H groups in total. The Bertz CT molecular complexity index is 2970. The Balaban J connectivity index is 0.968. The third-order valence-electron chi connectivity index (χ3n) is 23.3. The highest BCUT2D eigenvalue weighted by molar-refractivity contribution is 5.76. The van der Waals surface area contributed by atoms with Crippen molar-refractivity contribution in [1.29, 1.82) is 0 Å². The summed E-state index contributed by atoms with van der Waals surface area (Å²) in [5.41, 5.74) is 5.96. The first-order valence-corrected chi connectivity index (χ1v) is 38.7. The number of carboxylic acid groups (broad SMARTS) is 1. The quantitative estimate of drug-likeness (QED) is 0.0280. The van der Waals surface area contributed by atoms with E-state index in [1.54, 1.807) is 13.8 Å². The van der Waals surface area contributed by atoms with Gasteiger partial charge in [0.25, 0.3) is 5.79 Å². The van der Waals surface area contributed by atoms with Crippen LogP contribution in [-0.4, -0.2) is 492 Å². The molecule has 0 aromatic rings. The summed E-state index contributed by atoms with van der Waals surface area (Å²) < 4.78 is 114. The van der Waals surface area contributed by atoms with Crippen molar-refractivity contribution in [3.63, 3.8) is 0 Å². The molecule has 9 rings (SSSR count). The van der Waals surface area contributed by atoms with Gasteiger partial charge in [-0.15, -0.1) is 0 Å². The summed E-state index contributed by atoms with van der Waals surface area (Å²) in [5.74, 6) is -9.18. The Morgan fingerprint density at radius 2 is 0.838 bits per heavy atom. The summed E-state index contributed by atoms with van der Waals surface area (Å²) in [5, 5.41) is 296. The molecule has 0 aromatic heterocycles. The number of rotatable bonds is 35. The molecule has 9 aliphatic heterocycles. The zero-order chi connectivity index (χ0) is 86.6. The van der Waals surface area contributed by atoms with Gasteiger partial charge in [0.15, 0.2) is 50.3 Å². The maximum Gasteiger partial charge on any atom is 0.364 e. The third-order valence-corrected chi connectivity index (χ3v) is 23.3. The number of hydrogen-bond acceptors (Lipinski definition) is 47. The molecule has 0 saturated carbocycles. The van der Waals surface area contributed by atoms with E-state index in [1.165, 1.54) is 34.6 Å². The highest BCUT2D eigenvalue weighted by atomic mass is 16.8. The number of ether oxygens (including phenoxy) is 19. The summed E-state index contributed by atoms with van der Waals surface area (Å²) >= 11 is 0. The monoisotopic (exact) mass is 1720 g/mol. The predicted molar refractivity (Wildman–Crippen MR) is 370 cm³/mol. The highest BCUT2D eigenvalue weighted by Gasteiger charge is 2.61. The molecule has 9 saturated heterocycles. The van der Waals surface area contributed by atoms with Crippen LogP contribution in [0, 0.1) is 23.7 Å². The first-order valence-electron chi connectivity index (χ1n) is 38.7. The van der Waals surface area contributed by atoms with E-state index in [9.17, 15) is 143 Å². The largest absolute Gasteiger partial charge is 0.477 e. The van der Waals surface area contributed by atoms with Crippen LogP contribution in [0.25, 0.3) is 0 Å².